The molecule has 4 heterocycles. The second-order valence-corrected chi connectivity index (χ2v) is 5.50. The third-order valence-corrected chi connectivity index (χ3v) is 3.90. The van der Waals surface area contributed by atoms with E-state index in [4.69, 9.17) is 5.73 Å². The van der Waals surface area contributed by atoms with Crippen LogP contribution in [-0.4, -0.2) is 35.6 Å². The molecule has 0 atom stereocenters. The molecule has 0 saturated carbocycles. The average Bonchev–Trinajstić information content (AvgIpc) is 3.13. The van der Waals surface area contributed by atoms with Gasteiger partial charge in [-0.2, -0.15) is 5.10 Å². The number of amides is 1. The Morgan fingerprint density at radius 1 is 1.25 bits per heavy atom. The van der Waals surface area contributed by atoms with E-state index in [1.807, 2.05) is 30.7 Å². The second kappa shape index (κ2) is 5.12. The molecule has 0 radical (unpaired) electrons. The fraction of sp³-hybridized carbons (Fsp3) is 0.188. The summed E-state index contributed by atoms with van der Waals surface area (Å²) in [6.45, 7) is 4.58. The average molecular weight is 321 g/mol. The lowest BCUT2D eigenvalue weighted by Gasteiger charge is -2.02. The van der Waals surface area contributed by atoms with Crippen LogP contribution in [0.5, 0.6) is 0 Å². The van der Waals surface area contributed by atoms with E-state index < -0.39 is 5.91 Å². The molecule has 8 heteroatoms. The molecule has 0 fully saturated rings. The molecular weight excluding hydrogens is 306 g/mol. The highest BCUT2D eigenvalue weighted by atomic mass is 16.1. The molecule has 120 valence electrons. The van der Waals surface area contributed by atoms with E-state index in [0.29, 0.717) is 29.2 Å². The first-order valence-corrected chi connectivity index (χ1v) is 7.57. The number of fused-ring (bicyclic) bond motifs is 3. The summed E-state index contributed by atoms with van der Waals surface area (Å²) in [4.78, 5) is 27.9. The molecule has 8 nitrogen and oxygen atoms in total. The molecule has 0 aromatic carbocycles. The largest absolute Gasteiger partial charge is 0.366 e. The van der Waals surface area contributed by atoms with Crippen molar-refractivity contribution in [2.24, 2.45) is 5.73 Å². The maximum atomic E-state index is 11.4. The van der Waals surface area contributed by atoms with Crippen molar-refractivity contribution in [3.63, 3.8) is 0 Å². The Morgan fingerprint density at radius 2 is 2.08 bits per heavy atom. The van der Waals surface area contributed by atoms with Crippen LogP contribution >= 0.6 is 0 Å². The number of pyridine rings is 2. The zero-order valence-electron chi connectivity index (χ0n) is 13.2. The molecule has 0 saturated heterocycles. The topological polar surface area (TPSA) is 115 Å². The van der Waals surface area contributed by atoms with Gasteiger partial charge in [0.05, 0.1) is 5.56 Å². The summed E-state index contributed by atoms with van der Waals surface area (Å²) in [5.41, 5.74) is 7.77. The van der Waals surface area contributed by atoms with Crippen LogP contribution in [0.4, 0.5) is 0 Å². The quantitative estimate of drug-likeness (QED) is 0.597. The maximum Gasteiger partial charge on any atom is 0.250 e. The van der Waals surface area contributed by atoms with E-state index >= 15 is 0 Å². The molecule has 0 bridgehead atoms. The number of aromatic nitrogens is 6. The molecular formula is C16H15N7O. The zero-order valence-corrected chi connectivity index (χ0v) is 13.2. The van der Waals surface area contributed by atoms with Gasteiger partial charge in [0.1, 0.15) is 22.8 Å². The van der Waals surface area contributed by atoms with Crippen LogP contribution in [0, 0.1) is 6.92 Å². The van der Waals surface area contributed by atoms with Gasteiger partial charge >= 0.3 is 0 Å². The van der Waals surface area contributed by atoms with Crippen LogP contribution in [0.1, 0.15) is 23.1 Å². The number of rotatable bonds is 3. The first-order chi connectivity index (χ1) is 11.6. The van der Waals surface area contributed by atoms with Crippen LogP contribution in [0.3, 0.4) is 0 Å². The van der Waals surface area contributed by atoms with Crippen molar-refractivity contribution in [3.05, 3.63) is 35.8 Å². The summed E-state index contributed by atoms with van der Waals surface area (Å²) in [5.74, 6) is 0.925. The number of nitrogens with one attached hydrogen (secondary N) is 1. The summed E-state index contributed by atoms with van der Waals surface area (Å²) < 4.78 is 1.82. The molecule has 0 unspecified atom stereocenters. The first-order valence-electron chi connectivity index (χ1n) is 7.57. The standard InChI is InChI=1S/C16H15N7O/c1-3-23-16(19-8(2)22-23)12-5-4-10-11-6-9(13(17)24)7-18-14(11)21-15(10)20-12/h4-7H,3H2,1-2H3,(H2,17,24)(H,18,20,21). The summed E-state index contributed by atoms with van der Waals surface area (Å²) in [7, 11) is 0. The second-order valence-electron chi connectivity index (χ2n) is 5.50. The van der Waals surface area contributed by atoms with Crippen molar-refractivity contribution in [2.45, 2.75) is 20.4 Å². The van der Waals surface area contributed by atoms with Gasteiger partial charge in [0.2, 0.25) is 5.91 Å². The van der Waals surface area contributed by atoms with E-state index in [2.05, 4.69) is 25.0 Å². The fourth-order valence-electron chi connectivity index (χ4n) is 2.78. The number of H-pyrrole nitrogens is 1. The van der Waals surface area contributed by atoms with Crippen molar-refractivity contribution in [3.8, 4) is 11.5 Å². The van der Waals surface area contributed by atoms with E-state index in [-0.39, 0.29) is 0 Å². The highest BCUT2D eigenvalue weighted by molar-refractivity contribution is 6.07. The Kier molecular flexibility index (Phi) is 3.05. The van der Waals surface area contributed by atoms with E-state index in [1.165, 1.54) is 6.20 Å². The number of primary amides is 1. The summed E-state index contributed by atoms with van der Waals surface area (Å²) in [6, 6.07) is 5.55. The summed E-state index contributed by atoms with van der Waals surface area (Å²) >= 11 is 0. The van der Waals surface area contributed by atoms with Gasteiger partial charge in [0, 0.05) is 23.5 Å². The Labute approximate surface area is 136 Å². The number of nitrogens with zero attached hydrogens (tertiary/aromatic N) is 5. The van der Waals surface area contributed by atoms with Crippen molar-refractivity contribution >= 4 is 28.0 Å². The first kappa shape index (κ1) is 14.3. The van der Waals surface area contributed by atoms with Crippen LogP contribution < -0.4 is 5.73 Å². The van der Waals surface area contributed by atoms with Gasteiger partial charge in [-0.15, -0.1) is 0 Å². The number of hydrogen-bond donors (Lipinski definition) is 2. The Bertz CT molecular complexity index is 1090. The molecule has 4 aromatic rings. The Morgan fingerprint density at radius 3 is 2.83 bits per heavy atom. The lowest BCUT2D eigenvalue weighted by molar-refractivity contribution is 0.1000. The molecule has 3 N–H and O–H groups in total. The van der Waals surface area contributed by atoms with Crippen LogP contribution in [-0.2, 0) is 6.54 Å². The van der Waals surface area contributed by atoms with Crippen LogP contribution in [0.15, 0.2) is 24.4 Å². The van der Waals surface area contributed by atoms with E-state index in [1.54, 1.807) is 6.07 Å². The SMILES string of the molecule is CCn1nc(C)nc1-c1ccc2c(n1)[nH]c1ncc(C(N)=O)cc12. The van der Waals surface area contributed by atoms with Gasteiger partial charge in [0.25, 0.3) is 0 Å². The number of nitrogens with two attached hydrogens (primary N) is 1. The van der Waals surface area contributed by atoms with Crippen molar-refractivity contribution in [1.29, 1.82) is 0 Å². The number of aromatic amines is 1. The van der Waals surface area contributed by atoms with Gasteiger partial charge in [-0.05, 0) is 32.0 Å². The molecule has 4 aromatic heterocycles. The van der Waals surface area contributed by atoms with Gasteiger partial charge < -0.3 is 10.7 Å². The predicted octanol–water partition coefficient (Wildman–Crippen LogP) is 1.80. The van der Waals surface area contributed by atoms with Crippen molar-refractivity contribution in [2.75, 3.05) is 0 Å². The highest BCUT2D eigenvalue weighted by Crippen LogP contribution is 2.26. The van der Waals surface area contributed by atoms with E-state index in [0.717, 1.165) is 22.3 Å². The zero-order chi connectivity index (χ0) is 16.8. The summed E-state index contributed by atoms with van der Waals surface area (Å²) in [6.07, 6.45) is 1.46. The van der Waals surface area contributed by atoms with Crippen LogP contribution in [0.2, 0.25) is 0 Å². The van der Waals surface area contributed by atoms with Gasteiger partial charge in [-0.3, -0.25) is 4.79 Å². The van der Waals surface area contributed by atoms with Gasteiger partial charge in [-0.1, -0.05) is 0 Å². The lowest BCUT2D eigenvalue weighted by atomic mass is 10.1. The fourth-order valence-corrected chi connectivity index (χ4v) is 2.78. The molecule has 0 spiro atoms. The number of hydrogen-bond acceptors (Lipinski definition) is 5. The van der Waals surface area contributed by atoms with Gasteiger partial charge in [-0.25, -0.2) is 19.6 Å². The molecule has 0 aliphatic heterocycles. The normalized spacial score (nSPS) is 11.4. The molecule has 4 rings (SSSR count). The van der Waals surface area contributed by atoms with Crippen molar-refractivity contribution < 1.29 is 4.79 Å². The van der Waals surface area contributed by atoms with Gasteiger partial charge in [0.15, 0.2) is 5.82 Å². The predicted molar refractivity (Wildman–Crippen MR) is 89.3 cm³/mol. The molecule has 1 amide bonds. The number of carbonyl (C=O) groups is 1. The third-order valence-electron chi connectivity index (χ3n) is 3.90. The Hall–Kier alpha value is -3.29. The lowest BCUT2D eigenvalue weighted by Crippen LogP contribution is -2.10. The number of carbonyl (C=O) groups excluding carboxylic acids is 1. The van der Waals surface area contributed by atoms with Crippen molar-refractivity contribution in [1.82, 2.24) is 29.7 Å². The smallest absolute Gasteiger partial charge is 0.250 e. The number of aryl methyl sites for hydroxylation is 2. The maximum absolute atomic E-state index is 11.4. The van der Waals surface area contributed by atoms with E-state index in [9.17, 15) is 4.79 Å². The molecule has 0 aliphatic carbocycles. The summed E-state index contributed by atoms with van der Waals surface area (Å²) in [5, 5.41) is 6.04. The molecule has 0 aliphatic rings. The minimum atomic E-state index is -0.505. The van der Waals surface area contributed by atoms with Crippen LogP contribution in [0.25, 0.3) is 33.6 Å². The minimum Gasteiger partial charge on any atom is -0.366 e. The highest BCUT2D eigenvalue weighted by Gasteiger charge is 2.14. The Balaban J connectivity index is 1.92. The molecule has 24 heavy (non-hydrogen) atoms. The monoisotopic (exact) mass is 321 g/mol. The third kappa shape index (κ3) is 2.11. The minimum absolute atomic E-state index is 0.369.